The quantitative estimate of drug-likeness (QED) is 0.584. The standard InChI is InChI=1S/C29H39FN4OS/c1-22-3-5-23(6-4-22)20-34-21-27(36-26-9-7-24(30)8-10-26)19-28(34)29(35)33-17-15-32(16-18-33)25-11-13-31(2)14-12-25/h3-10,25,27-28H,11-21H2,1-2H3/t27-,28+/m1/s1. The van der Waals surface area contributed by atoms with Crippen LogP contribution in [-0.4, -0.2) is 95.7 Å². The molecule has 3 saturated heterocycles. The molecule has 0 saturated carbocycles. The lowest BCUT2D eigenvalue weighted by Crippen LogP contribution is -2.56. The molecule has 0 spiro atoms. The predicted molar refractivity (Wildman–Crippen MR) is 145 cm³/mol. The second-order valence-corrected chi connectivity index (χ2v) is 12.1. The van der Waals surface area contributed by atoms with Gasteiger partial charge in [0.2, 0.25) is 5.91 Å². The van der Waals surface area contributed by atoms with Crippen molar-refractivity contribution in [3.8, 4) is 0 Å². The van der Waals surface area contributed by atoms with E-state index in [0.29, 0.717) is 11.3 Å². The van der Waals surface area contributed by atoms with E-state index in [1.165, 1.54) is 49.2 Å². The van der Waals surface area contributed by atoms with Crippen LogP contribution in [0.4, 0.5) is 4.39 Å². The number of benzene rings is 2. The van der Waals surface area contributed by atoms with Gasteiger partial charge in [-0.15, -0.1) is 11.8 Å². The first-order chi connectivity index (χ1) is 17.4. The van der Waals surface area contributed by atoms with Crippen LogP contribution >= 0.6 is 11.8 Å². The highest BCUT2D eigenvalue weighted by atomic mass is 32.2. The normalized spacial score (nSPS) is 24.9. The fraction of sp³-hybridized carbons (Fsp3) is 0.552. The molecule has 36 heavy (non-hydrogen) atoms. The lowest BCUT2D eigenvalue weighted by atomic mass is 10.0. The number of halogens is 1. The van der Waals surface area contributed by atoms with Crippen molar-refractivity contribution in [2.24, 2.45) is 0 Å². The van der Waals surface area contributed by atoms with Crippen LogP contribution in [0.15, 0.2) is 53.4 Å². The second-order valence-electron chi connectivity index (χ2n) is 10.8. The van der Waals surface area contributed by atoms with E-state index in [1.54, 1.807) is 11.8 Å². The first kappa shape index (κ1) is 25.7. The fourth-order valence-corrected chi connectivity index (χ4v) is 7.11. The van der Waals surface area contributed by atoms with Crippen molar-refractivity contribution >= 4 is 17.7 Å². The number of likely N-dealkylation sites (tertiary alicyclic amines) is 2. The Bertz CT molecular complexity index is 1000. The monoisotopic (exact) mass is 510 g/mol. The number of carbonyl (C=O) groups is 1. The van der Waals surface area contributed by atoms with Crippen molar-refractivity contribution in [1.29, 1.82) is 0 Å². The molecule has 2 atom stereocenters. The summed E-state index contributed by atoms with van der Waals surface area (Å²) in [5.74, 6) is 0.0755. The minimum Gasteiger partial charge on any atom is -0.339 e. The Balaban J connectivity index is 1.23. The molecule has 2 aromatic rings. The number of amides is 1. The SMILES string of the molecule is Cc1ccc(CN2C[C@H](Sc3ccc(F)cc3)C[C@H]2C(=O)N2CCN(C3CCN(C)CC3)CC2)cc1. The molecule has 7 heteroatoms. The van der Waals surface area contributed by atoms with E-state index in [4.69, 9.17) is 0 Å². The largest absolute Gasteiger partial charge is 0.339 e. The van der Waals surface area contributed by atoms with Gasteiger partial charge >= 0.3 is 0 Å². The molecule has 0 bridgehead atoms. The van der Waals surface area contributed by atoms with Crippen molar-refractivity contribution in [2.45, 2.75) is 55.0 Å². The number of thioether (sulfide) groups is 1. The van der Waals surface area contributed by atoms with Gasteiger partial charge in [-0.05, 0) is 76.2 Å². The third-order valence-electron chi connectivity index (χ3n) is 8.10. The summed E-state index contributed by atoms with van der Waals surface area (Å²) in [6.07, 6.45) is 3.31. The summed E-state index contributed by atoms with van der Waals surface area (Å²) in [7, 11) is 2.21. The summed E-state index contributed by atoms with van der Waals surface area (Å²) in [6, 6.07) is 16.0. The molecule has 194 valence electrons. The van der Waals surface area contributed by atoms with Gasteiger partial charge in [0.15, 0.2) is 0 Å². The molecule has 3 fully saturated rings. The van der Waals surface area contributed by atoms with Crippen molar-refractivity contribution in [3.63, 3.8) is 0 Å². The fourth-order valence-electron chi connectivity index (χ4n) is 5.89. The van der Waals surface area contributed by atoms with Crippen LogP contribution in [0.5, 0.6) is 0 Å². The van der Waals surface area contributed by atoms with Gasteiger partial charge in [-0.2, -0.15) is 0 Å². The third-order valence-corrected chi connectivity index (χ3v) is 9.32. The molecule has 5 rings (SSSR count). The van der Waals surface area contributed by atoms with Crippen molar-refractivity contribution in [1.82, 2.24) is 19.6 Å². The Labute approximate surface area is 219 Å². The average Bonchev–Trinajstić information content (AvgIpc) is 3.29. The van der Waals surface area contributed by atoms with Crippen LogP contribution in [0.3, 0.4) is 0 Å². The summed E-state index contributed by atoms with van der Waals surface area (Å²) < 4.78 is 13.4. The van der Waals surface area contributed by atoms with Gasteiger partial charge in [0, 0.05) is 55.5 Å². The highest BCUT2D eigenvalue weighted by Gasteiger charge is 2.40. The van der Waals surface area contributed by atoms with Crippen molar-refractivity contribution in [2.75, 3.05) is 52.9 Å². The number of hydrogen-bond donors (Lipinski definition) is 0. The first-order valence-electron chi connectivity index (χ1n) is 13.4. The lowest BCUT2D eigenvalue weighted by molar-refractivity contribution is -0.138. The number of piperazine rings is 1. The van der Waals surface area contributed by atoms with Gasteiger partial charge in [-0.25, -0.2) is 4.39 Å². The van der Waals surface area contributed by atoms with E-state index >= 15 is 0 Å². The molecule has 0 radical (unpaired) electrons. The smallest absolute Gasteiger partial charge is 0.240 e. The molecule has 3 aliphatic heterocycles. The molecule has 2 aromatic carbocycles. The lowest BCUT2D eigenvalue weighted by Gasteiger charge is -2.43. The highest BCUT2D eigenvalue weighted by molar-refractivity contribution is 8.00. The molecule has 0 unspecified atom stereocenters. The predicted octanol–water partition coefficient (Wildman–Crippen LogP) is 4.11. The maximum atomic E-state index is 13.8. The summed E-state index contributed by atoms with van der Waals surface area (Å²) in [5.41, 5.74) is 2.50. The summed E-state index contributed by atoms with van der Waals surface area (Å²) in [4.78, 5) is 24.4. The Hall–Kier alpha value is -1.93. The molecule has 0 N–H and O–H groups in total. The molecule has 0 aromatic heterocycles. The summed E-state index contributed by atoms with van der Waals surface area (Å²) in [5, 5.41) is 0.315. The molecule has 3 heterocycles. The maximum absolute atomic E-state index is 13.8. The van der Waals surface area contributed by atoms with Crippen LogP contribution in [0.25, 0.3) is 0 Å². The van der Waals surface area contributed by atoms with E-state index in [0.717, 1.165) is 50.6 Å². The molecular formula is C29H39FN4OS. The highest BCUT2D eigenvalue weighted by Crippen LogP contribution is 2.35. The average molecular weight is 511 g/mol. The molecule has 0 aliphatic carbocycles. The zero-order chi connectivity index (χ0) is 25.1. The Morgan fingerprint density at radius 2 is 1.61 bits per heavy atom. The van der Waals surface area contributed by atoms with E-state index < -0.39 is 0 Å². The number of nitrogens with zero attached hydrogens (tertiary/aromatic N) is 4. The molecule has 5 nitrogen and oxygen atoms in total. The third kappa shape index (κ3) is 6.31. The van der Waals surface area contributed by atoms with Crippen LogP contribution in [-0.2, 0) is 11.3 Å². The van der Waals surface area contributed by atoms with Gasteiger partial charge in [-0.3, -0.25) is 14.6 Å². The van der Waals surface area contributed by atoms with Crippen molar-refractivity contribution in [3.05, 3.63) is 65.5 Å². The zero-order valence-corrected chi connectivity index (χ0v) is 22.4. The number of aryl methyl sites for hydroxylation is 1. The second kappa shape index (κ2) is 11.6. The van der Waals surface area contributed by atoms with Gasteiger partial charge in [0.05, 0.1) is 6.04 Å². The number of rotatable bonds is 6. The minimum absolute atomic E-state index is 0.0980. The van der Waals surface area contributed by atoms with E-state index in [1.807, 2.05) is 12.1 Å². The topological polar surface area (TPSA) is 30.0 Å². The molecular weight excluding hydrogens is 471 g/mol. The van der Waals surface area contributed by atoms with Crippen LogP contribution in [0.2, 0.25) is 0 Å². The van der Waals surface area contributed by atoms with E-state index in [2.05, 4.69) is 57.8 Å². The van der Waals surface area contributed by atoms with Crippen LogP contribution < -0.4 is 0 Å². The first-order valence-corrected chi connectivity index (χ1v) is 14.3. The number of hydrogen-bond acceptors (Lipinski definition) is 5. The van der Waals surface area contributed by atoms with E-state index in [9.17, 15) is 9.18 Å². The Morgan fingerprint density at radius 3 is 2.28 bits per heavy atom. The number of carbonyl (C=O) groups excluding carboxylic acids is 1. The number of piperidine rings is 1. The Kier molecular flexibility index (Phi) is 8.31. The van der Waals surface area contributed by atoms with Gasteiger partial charge in [-0.1, -0.05) is 29.8 Å². The van der Waals surface area contributed by atoms with Crippen LogP contribution in [0, 0.1) is 12.7 Å². The Morgan fingerprint density at radius 1 is 0.944 bits per heavy atom. The molecule has 3 aliphatic rings. The van der Waals surface area contributed by atoms with Gasteiger partial charge < -0.3 is 9.80 Å². The van der Waals surface area contributed by atoms with Crippen LogP contribution in [0.1, 0.15) is 30.4 Å². The van der Waals surface area contributed by atoms with E-state index in [-0.39, 0.29) is 17.8 Å². The zero-order valence-electron chi connectivity index (χ0n) is 21.6. The minimum atomic E-state index is -0.209. The summed E-state index contributed by atoms with van der Waals surface area (Å²) in [6.45, 7) is 9.73. The maximum Gasteiger partial charge on any atom is 0.240 e. The van der Waals surface area contributed by atoms with Gasteiger partial charge in [0.25, 0.3) is 0 Å². The summed E-state index contributed by atoms with van der Waals surface area (Å²) >= 11 is 1.77. The molecule has 1 amide bonds. The van der Waals surface area contributed by atoms with Gasteiger partial charge in [0.1, 0.15) is 5.82 Å². The van der Waals surface area contributed by atoms with Crippen molar-refractivity contribution < 1.29 is 9.18 Å².